The van der Waals surface area contributed by atoms with Crippen LogP contribution >= 0.6 is 0 Å². The maximum absolute atomic E-state index is 12.5. The normalized spacial score (nSPS) is 17.3. The molecular weight excluding hydrogens is 341 g/mol. The van der Waals surface area contributed by atoms with Gasteiger partial charge in [-0.1, -0.05) is 0 Å². The number of halogens is 3. The molecule has 0 bridgehead atoms. The number of likely N-dealkylation sites (tertiary alicyclic amines) is 1. The van der Waals surface area contributed by atoms with Crippen LogP contribution in [0.1, 0.15) is 12.8 Å². The molecule has 1 aromatic carbocycles. The second-order valence-corrected chi connectivity index (χ2v) is 5.47. The summed E-state index contributed by atoms with van der Waals surface area (Å²) in [6.07, 6.45) is -4.39. The van der Waals surface area contributed by atoms with Gasteiger partial charge < -0.3 is 19.7 Å². The van der Waals surface area contributed by atoms with Gasteiger partial charge in [-0.2, -0.15) is 13.2 Å². The molecule has 1 N–H and O–H groups in total. The van der Waals surface area contributed by atoms with Gasteiger partial charge in [0.2, 0.25) is 5.91 Å². The fraction of sp³-hybridized carbons (Fsp3) is 0.500. The van der Waals surface area contributed by atoms with Gasteiger partial charge in [0.1, 0.15) is 24.1 Å². The minimum atomic E-state index is -4.97. The zero-order chi connectivity index (χ0) is 18.4. The van der Waals surface area contributed by atoms with Gasteiger partial charge in [0.15, 0.2) is 0 Å². The van der Waals surface area contributed by atoms with E-state index >= 15 is 0 Å². The van der Waals surface area contributed by atoms with Crippen LogP contribution in [0.2, 0.25) is 0 Å². The number of rotatable bonds is 6. The Hall–Kier alpha value is -2.45. The van der Waals surface area contributed by atoms with E-state index in [0.29, 0.717) is 22.8 Å². The summed E-state index contributed by atoms with van der Waals surface area (Å²) in [5.41, 5.74) is 0. The number of benzene rings is 1. The lowest BCUT2D eigenvalue weighted by Gasteiger charge is -2.24. The molecule has 1 heterocycles. The van der Waals surface area contributed by atoms with Gasteiger partial charge >= 0.3 is 12.1 Å². The summed E-state index contributed by atoms with van der Waals surface area (Å²) in [6.45, 7) is 0.201. The van der Waals surface area contributed by atoms with E-state index in [1.165, 1.54) is 0 Å². The molecule has 9 heteroatoms. The van der Waals surface area contributed by atoms with Crippen molar-refractivity contribution < 1.29 is 32.2 Å². The average Bonchev–Trinajstić information content (AvgIpc) is 3.07. The van der Waals surface area contributed by atoms with E-state index in [0.717, 1.165) is 0 Å². The number of carbonyl (C=O) groups is 2. The Morgan fingerprint density at radius 1 is 1.24 bits per heavy atom. The van der Waals surface area contributed by atoms with Crippen molar-refractivity contribution in [1.82, 2.24) is 10.2 Å². The summed E-state index contributed by atoms with van der Waals surface area (Å²) in [5, 5.41) is 2.50. The molecule has 0 aliphatic carbocycles. The van der Waals surface area contributed by atoms with Crippen molar-refractivity contribution in [2.45, 2.75) is 25.1 Å². The molecule has 0 radical (unpaired) electrons. The number of carbonyl (C=O) groups excluding carboxylic acids is 2. The molecule has 1 aliphatic heterocycles. The summed E-state index contributed by atoms with van der Waals surface area (Å²) >= 11 is 0. The molecule has 6 nitrogen and oxygen atoms in total. The van der Waals surface area contributed by atoms with Crippen molar-refractivity contribution >= 4 is 11.8 Å². The minimum absolute atomic E-state index is 0.0707. The van der Waals surface area contributed by atoms with Gasteiger partial charge in [0.25, 0.3) is 0 Å². The molecule has 2 amide bonds. The maximum atomic E-state index is 12.5. The third-order valence-electron chi connectivity index (χ3n) is 3.79. The predicted octanol–water partition coefficient (Wildman–Crippen LogP) is 1.74. The van der Waals surface area contributed by atoms with Gasteiger partial charge in [-0.15, -0.1) is 0 Å². The fourth-order valence-corrected chi connectivity index (χ4v) is 2.58. The molecule has 25 heavy (non-hydrogen) atoms. The summed E-state index contributed by atoms with van der Waals surface area (Å²) < 4.78 is 48.0. The van der Waals surface area contributed by atoms with Crippen LogP contribution in [0.5, 0.6) is 11.5 Å². The maximum Gasteiger partial charge on any atom is 0.471 e. The number of nitrogens with one attached hydrogen (secondary N) is 1. The van der Waals surface area contributed by atoms with E-state index in [9.17, 15) is 22.8 Å². The topological polar surface area (TPSA) is 67.9 Å². The number of amides is 2. The van der Waals surface area contributed by atoms with Crippen LogP contribution in [0.15, 0.2) is 24.3 Å². The Balaban J connectivity index is 1.78. The lowest BCUT2D eigenvalue weighted by molar-refractivity contribution is -0.186. The van der Waals surface area contributed by atoms with Crippen LogP contribution in [0.25, 0.3) is 0 Å². The molecule has 0 spiro atoms. The molecular formula is C16H19F3N2O4. The van der Waals surface area contributed by atoms with Gasteiger partial charge in [-0.25, -0.2) is 0 Å². The predicted molar refractivity (Wildman–Crippen MR) is 82.3 cm³/mol. The number of nitrogens with zero attached hydrogens (tertiary/aromatic N) is 1. The number of hydrogen-bond donors (Lipinski definition) is 1. The largest absolute Gasteiger partial charge is 0.497 e. The van der Waals surface area contributed by atoms with Gasteiger partial charge in [0.05, 0.1) is 13.7 Å². The molecule has 1 unspecified atom stereocenters. The molecule has 1 aliphatic rings. The first-order chi connectivity index (χ1) is 11.8. The van der Waals surface area contributed by atoms with Crippen molar-refractivity contribution in [2.75, 3.05) is 26.8 Å². The molecule has 1 fully saturated rings. The van der Waals surface area contributed by atoms with E-state index in [1.54, 1.807) is 31.4 Å². The highest BCUT2D eigenvalue weighted by Gasteiger charge is 2.47. The smallest absolute Gasteiger partial charge is 0.471 e. The van der Waals surface area contributed by atoms with Gasteiger partial charge in [0, 0.05) is 6.54 Å². The lowest BCUT2D eigenvalue weighted by atomic mass is 10.2. The highest BCUT2D eigenvalue weighted by molar-refractivity contribution is 5.90. The molecule has 1 aromatic rings. The van der Waals surface area contributed by atoms with Crippen LogP contribution in [0.3, 0.4) is 0 Å². The third-order valence-corrected chi connectivity index (χ3v) is 3.79. The number of ether oxygens (including phenoxy) is 2. The Morgan fingerprint density at radius 2 is 1.88 bits per heavy atom. The first-order valence-corrected chi connectivity index (χ1v) is 7.75. The first-order valence-electron chi connectivity index (χ1n) is 7.75. The van der Waals surface area contributed by atoms with Crippen molar-refractivity contribution in [3.8, 4) is 11.5 Å². The Kier molecular flexibility index (Phi) is 6.11. The molecule has 1 saturated heterocycles. The van der Waals surface area contributed by atoms with Crippen molar-refractivity contribution in [2.24, 2.45) is 0 Å². The number of hydrogen-bond acceptors (Lipinski definition) is 4. The Morgan fingerprint density at radius 3 is 2.48 bits per heavy atom. The minimum Gasteiger partial charge on any atom is -0.497 e. The highest BCUT2D eigenvalue weighted by Crippen LogP contribution is 2.25. The van der Waals surface area contributed by atoms with Crippen molar-refractivity contribution in [1.29, 1.82) is 0 Å². The summed E-state index contributed by atoms with van der Waals surface area (Å²) in [6, 6.07) is 5.73. The van der Waals surface area contributed by atoms with Crippen LogP contribution in [-0.4, -0.2) is 55.7 Å². The summed E-state index contributed by atoms with van der Waals surface area (Å²) in [7, 11) is 1.54. The quantitative estimate of drug-likeness (QED) is 0.785. The van der Waals surface area contributed by atoms with E-state index in [-0.39, 0.29) is 26.1 Å². The lowest BCUT2D eigenvalue weighted by Crippen LogP contribution is -2.50. The second kappa shape index (κ2) is 8.09. The molecule has 2 rings (SSSR count). The van der Waals surface area contributed by atoms with Crippen LogP contribution in [0, 0.1) is 0 Å². The van der Waals surface area contributed by atoms with Crippen LogP contribution < -0.4 is 14.8 Å². The van der Waals surface area contributed by atoms with Gasteiger partial charge in [-0.3, -0.25) is 9.59 Å². The number of alkyl halides is 3. The second-order valence-electron chi connectivity index (χ2n) is 5.47. The molecule has 1 atom stereocenters. The zero-order valence-corrected chi connectivity index (χ0v) is 13.6. The van der Waals surface area contributed by atoms with E-state index in [4.69, 9.17) is 9.47 Å². The molecule has 0 aromatic heterocycles. The standard InChI is InChI=1S/C16H19F3N2O4/c1-24-11-4-6-12(7-5-11)25-10-8-20-14(22)13-3-2-9-21(13)15(23)16(17,18)19/h4-7,13H,2-3,8-10H2,1H3,(H,20,22). The summed E-state index contributed by atoms with van der Waals surface area (Å²) in [4.78, 5) is 24.0. The van der Waals surface area contributed by atoms with Crippen molar-refractivity contribution in [3.63, 3.8) is 0 Å². The zero-order valence-electron chi connectivity index (χ0n) is 13.6. The average molecular weight is 360 g/mol. The number of methoxy groups -OCH3 is 1. The van der Waals surface area contributed by atoms with E-state index < -0.39 is 24.0 Å². The first kappa shape index (κ1) is 18.9. The third kappa shape index (κ3) is 5.01. The van der Waals surface area contributed by atoms with Gasteiger partial charge in [-0.05, 0) is 37.1 Å². The molecule has 0 saturated carbocycles. The highest BCUT2D eigenvalue weighted by atomic mass is 19.4. The van der Waals surface area contributed by atoms with E-state index in [1.807, 2.05) is 0 Å². The molecule has 138 valence electrons. The van der Waals surface area contributed by atoms with E-state index in [2.05, 4.69) is 5.32 Å². The Bertz CT molecular complexity index is 604. The van der Waals surface area contributed by atoms with Crippen LogP contribution in [0.4, 0.5) is 13.2 Å². The van der Waals surface area contributed by atoms with Crippen LogP contribution in [-0.2, 0) is 9.59 Å². The summed E-state index contributed by atoms with van der Waals surface area (Å²) in [5.74, 6) is -1.32. The van der Waals surface area contributed by atoms with Crippen molar-refractivity contribution in [3.05, 3.63) is 24.3 Å². The SMILES string of the molecule is COc1ccc(OCCNC(=O)C2CCCN2C(=O)C(F)(F)F)cc1. The Labute approximate surface area is 142 Å². The monoisotopic (exact) mass is 360 g/mol. The fourth-order valence-electron chi connectivity index (χ4n) is 2.58.